The molecule has 0 amide bonds. The Hall–Kier alpha value is -2.68. The first-order valence-corrected chi connectivity index (χ1v) is 12.7. The van der Waals surface area contributed by atoms with Crippen LogP contribution in [-0.2, 0) is 26.3 Å². The minimum Gasteiger partial charge on any atom is -0.457 e. The van der Waals surface area contributed by atoms with Gasteiger partial charge in [-0.25, -0.2) is 0 Å². The van der Waals surface area contributed by atoms with E-state index in [-0.39, 0.29) is 13.2 Å². The molecule has 7 heteroatoms. The molecule has 0 radical (unpaired) electrons. The SMILES string of the molecule is OCc1cc(Oc2ccc(CNCc3ccc(Oc4ccc(Br)c(CO)c4)cc3)cc2)ccc1Br. The number of benzene rings is 4. The molecule has 180 valence electrons. The van der Waals surface area contributed by atoms with Crippen LogP contribution in [0.25, 0.3) is 0 Å². The predicted octanol–water partition coefficient (Wildman–Crippen LogP) is 7.07. The molecule has 0 aliphatic carbocycles. The van der Waals surface area contributed by atoms with Crippen LogP contribution < -0.4 is 14.8 Å². The maximum Gasteiger partial charge on any atom is 0.127 e. The Bertz CT molecular complexity index is 1160. The Morgan fingerprint density at radius 1 is 0.543 bits per heavy atom. The molecule has 4 aromatic carbocycles. The molecule has 0 bridgehead atoms. The van der Waals surface area contributed by atoms with Crippen molar-refractivity contribution in [3.8, 4) is 23.0 Å². The molecule has 0 aliphatic heterocycles. The number of hydrogen-bond acceptors (Lipinski definition) is 5. The van der Waals surface area contributed by atoms with Crippen LogP contribution in [-0.4, -0.2) is 10.2 Å². The summed E-state index contributed by atoms with van der Waals surface area (Å²) in [5, 5.41) is 22.3. The van der Waals surface area contributed by atoms with E-state index in [9.17, 15) is 10.2 Å². The number of nitrogens with one attached hydrogen (secondary N) is 1. The molecule has 4 rings (SSSR count). The number of aliphatic hydroxyl groups excluding tert-OH is 2. The maximum absolute atomic E-state index is 9.40. The number of halogens is 2. The molecule has 0 heterocycles. The lowest BCUT2D eigenvalue weighted by atomic mass is 10.2. The van der Waals surface area contributed by atoms with E-state index in [4.69, 9.17) is 9.47 Å². The smallest absolute Gasteiger partial charge is 0.127 e. The molecule has 0 aliphatic rings. The van der Waals surface area contributed by atoms with Crippen LogP contribution >= 0.6 is 31.9 Å². The molecule has 0 fully saturated rings. The monoisotopic (exact) mass is 597 g/mol. The van der Waals surface area contributed by atoms with E-state index in [1.54, 1.807) is 0 Å². The zero-order chi connectivity index (χ0) is 24.6. The van der Waals surface area contributed by atoms with Gasteiger partial charge < -0.3 is 25.0 Å². The average Bonchev–Trinajstić information content (AvgIpc) is 2.88. The third kappa shape index (κ3) is 7.16. The fraction of sp³-hybridized carbons (Fsp3) is 0.143. The second-order valence-electron chi connectivity index (χ2n) is 7.92. The van der Waals surface area contributed by atoms with Gasteiger partial charge in [-0.2, -0.15) is 0 Å². The molecule has 4 aromatic rings. The summed E-state index contributed by atoms with van der Waals surface area (Å²) in [6.45, 7) is 1.37. The summed E-state index contributed by atoms with van der Waals surface area (Å²) in [4.78, 5) is 0. The largest absolute Gasteiger partial charge is 0.457 e. The van der Waals surface area contributed by atoms with Gasteiger partial charge >= 0.3 is 0 Å². The lowest BCUT2D eigenvalue weighted by molar-refractivity contribution is 0.280. The number of aliphatic hydroxyl groups is 2. The van der Waals surface area contributed by atoms with Crippen molar-refractivity contribution in [2.24, 2.45) is 0 Å². The fourth-order valence-electron chi connectivity index (χ4n) is 3.45. The Morgan fingerprint density at radius 3 is 1.29 bits per heavy atom. The zero-order valence-electron chi connectivity index (χ0n) is 18.9. The molecule has 0 unspecified atom stereocenters. The predicted molar refractivity (Wildman–Crippen MR) is 144 cm³/mol. The van der Waals surface area contributed by atoms with Crippen LogP contribution in [0.1, 0.15) is 22.3 Å². The second kappa shape index (κ2) is 12.3. The quantitative estimate of drug-likeness (QED) is 0.182. The van der Waals surface area contributed by atoms with Crippen molar-refractivity contribution in [3.05, 3.63) is 116 Å². The Morgan fingerprint density at radius 2 is 0.914 bits per heavy atom. The molecule has 0 saturated heterocycles. The highest BCUT2D eigenvalue weighted by molar-refractivity contribution is 9.10. The first-order valence-electron chi connectivity index (χ1n) is 11.1. The van der Waals surface area contributed by atoms with E-state index >= 15 is 0 Å². The average molecular weight is 599 g/mol. The molecule has 0 saturated carbocycles. The van der Waals surface area contributed by atoms with Gasteiger partial charge in [0.05, 0.1) is 13.2 Å². The van der Waals surface area contributed by atoms with Crippen LogP contribution in [0.5, 0.6) is 23.0 Å². The van der Waals surface area contributed by atoms with Crippen molar-refractivity contribution in [2.75, 3.05) is 0 Å². The van der Waals surface area contributed by atoms with Crippen molar-refractivity contribution in [2.45, 2.75) is 26.3 Å². The van der Waals surface area contributed by atoms with Gasteiger partial charge in [0.1, 0.15) is 23.0 Å². The van der Waals surface area contributed by atoms with E-state index in [0.29, 0.717) is 11.5 Å². The van der Waals surface area contributed by atoms with E-state index in [0.717, 1.165) is 55.8 Å². The summed E-state index contributed by atoms with van der Waals surface area (Å²) in [5.41, 5.74) is 3.87. The molecule has 3 N–H and O–H groups in total. The normalized spacial score (nSPS) is 10.9. The van der Waals surface area contributed by atoms with Gasteiger partial charge in [-0.3, -0.25) is 0 Å². The molecule has 35 heavy (non-hydrogen) atoms. The van der Waals surface area contributed by atoms with Crippen LogP contribution in [0.3, 0.4) is 0 Å². The van der Waals surface area contributed by atoms with E-state index in [1.807, 2.05) is 84.9 Å². The van der Waals surface area contributed by atoms with Gasteiger partial charge in [0.25, 0.3) is 0 Å². The zero-order valence-corrected chi connectivity index (χ0v) is 22.1. The van der Waals surface area contributed by atoms with Gasteiger partial charge in [0.15, 0.2) is 0 Å². The van der Waals surface area contributed by atoms with Gasteiger partial charge in [-0.15, -0.1) is 0 Å². The van der Waals surface area contributed by atoms with Gasteiger partial charge in [-0.05, 0) is 82.9 Å². The van der Waals surface area contributed by atoms with Crippen LogP contribution in [0.2, 0.25) is 0 Å². The lowest BCUT2D eigenvalue weighted by Crippen LogP contribution is -2.12. The first kappa shape index (κ1) is 25.4. The molecular weight excluding hydrogens is 574 g/mol. The third-order valence-corrected chi connectivity index (χ3v) is 6.90. The van der Waals surface area contributed by atoms with Crippen molar-refractivity contribution in [1.29, 1.82) is 0 Å². The summed E-state index contributed by atoms with van der Waals surface area (Å²) in [6, 6.07) is 27.0. The number of hydrogen-bond donors (Lipinski definition) is 3. The van der Waals surface area contributed by atoms with E-state index < -0.39 is 0 Å². The second-order valence-corrected chi connectivity index (χ2v) is 9.63. The van der Waals surface area contributed by atoms with E-state index in [2.05, 4.69) is 37.2 Å². The van der Waals surface area contributed by atoms with Crippen LogP contribution in [0.4, 0.5) is 0 Å². The molecular formula is C28H25Br2NO4. The highest BCUT2D eigenvalue weighted by Crippen LogP contribution is 2.28. The van der Waals surface area contributed by atoms with Gasteiger partial charge in [-0.1, -0.05) is 56.1 Å². The topological polar surface area (TPSA) is 71.0 Å². The molecule has 5 nitrogen and oxygen atoms in total. The van der Waals surface area contributed by atoms with Gasteiger partial charge in [0, 0.05) is 22.0 Å². The molecule has 0 spiro atoms. The maximum atomic E-state index is 9.40. The number of rotatable bonds is 10. The standard InChI is InChI=1S/C28H25Br2NO4/c29-27-11-9-25(13-21(27)17-32)34-23-5-1-19(2-6-23)15-31-16-20-3-7-24(8-4-20)35-26-10-12-28(30)22(14-26)18-33/h1-14,31-33H,15-18H2. The Kier molecular flexibility index (Phi) is 8.95. The minimum atomic E-state index is -0.0468. The van der Waals surface area contributed by atoms with Crippen molar-refractivity contribution in [1.82, 2.24) is 5.32 Å². The highest BCUT2D eigenvalue weighted by Gasteiger charge is 2.05. The third-order valence-electron chi connectivity index (χ3n) is 5.35. The lowest BCUT2D eigenvalue weighted by Gasteiger charge is -2.10. The van der Waals surface area contributed by atoms with Crippen LogP contribution in [0.15, 0.2) is 93.9 Å². The minimum absolute atomic E-state index is 0.0468. The van der Waals surface area contributed by atoms with Crippen LogP contribution in [0, 0.1) is 0 Å². The number of ether oxygens (including phenoxy) is 2. The highest BCUT2D eigenvalue weighted by atomic mass is 79.9. The first-order chi connectivity index (χ1) is 17.0. The summed E-state index contributed by atoms with van der Waals surface area (Å²) in [7, 11) is 0. The summed E-state index contributed by atoms with van der Waals surface area (Å²) < 4.78 is 13.5. The summed E-state index contributed by atoms with van der Waals surface area (Å²) >= 11 is 6.82. The molecule has 0 atom stereocenters. The van der Waals surface area contributed by atoms with Gasteiger partial charge in [0.2, 0.25) is 0 Å². The van der Waals surface area contributed by atoms with E-state index in [1.165, 1.54) is 0 Å². The Labute approximate surface area is 221 Å². The molecule has 0 aromatic heterocycles. The van der Waals surface area contributed by atoms with Crippen molar-refractivity contribution in [3.63, 3.8) is 0 Å². The van der Waals surface area contributed by atoms with Crippen molar-refractivity contribution >= 4 is 31.9 Å². The summed E-state index contributed by atoms with van der Waals surface area (Å²) in [6.07, 6.45) is 0. The fourth-order valence-corrected chi connectivity index (χ4v) is 4.19. The summed E-state index contributed by atoms with van der Waals surface area (Å²) in [5.74, 6) is 2.86. The Balaban J connectivity index is 1.26. The van der Waals surface area contributed by atoms with Crippen molar-refractivity contribution < 1.29 is 19.7 Å².